The van der Waals surface area contributed by atoms with E-state index in [2.05, 4.69) is 21.0 Å². The molecule has 7 heteroatoms. The van der Waals surface area contributed by atoms with Gasteiger partial charge in [-0.2, -0.15) is 5.10 Å². The summed E-state index contributed by atoms with van der Waals surface area (Å²) in [5.41, 5.74) is 7.05. The molecule has 5 nitrogen and oxygen atoms in total. The van der Waals surface area contributed by atoms with E-state index in [9.17, 15) is 8.42 Å². The van der Waals surface area contributed by atoms with Crippen molar-refractivity contribution in [2.45, 2.75) is 4.90 Å². The van der Waals surface area contributed by atoms with Gasteiger partial charge >= 0.3 is 0 Å². The number of nitrogens with zero attached hydrogens (tertiary/aromatic N) is 2. The van der Waals surface area contributed by atoms with Crippen LogP contribution in [-0.4, -0.2) is 24.5 Å². The quantitative estimate of drug-likeness (QED) is 0.911. The lowest BCUT2D eigenvalue weighted by Crippen LogP contribution is -2.02. The van der Waals surface area contributed by atoms with E-state index in [1.54, 1.807) is 31.4 Å². The standard InChI is InChI=1S/C11H12BrN3O2S/c1-15-11(13)9(6-14-15)8-5-7(12)3-4-10(8)18(2,16)17/h3-6H,13H2,1-2H3. The summed E-state index contributed by atoms with van der Waals surface area (Å²) in [4.78, 5) is 0.241. The SMILES string of the molecule is Cn1ncc(-c2cc(Br)ccc2S(C)(=O)=O)c1N. The summed E-state index contributed by atoms with van der Waals surface area (Å²) < 4.78 is 25.8. The predicted octanol–water partition coefficient (Wildman–Crippen LogP) is 1.84. The van der Waals surface area contributed by atoms with Crippen LogP contribution in [0.25, 0.3) is 11.1 Å². The number of nitrogens with two attached hydrogens (primary N) is 1. The molecule has 0 aliphatic heterocycles. The summed E-state index contributed by atoms with van der Waals surface area (Å²) in [6.45, 7) is 0. The third-order valence-electron chi connectivity index (χ3n) is 2.62. The third-order valence-corrected chi connectivity index (χ3v) is 4.26. The molecule has 18 heavy (non-hydrogen) atoms. The number of hydrogen-bond donors (Lipinski definition) is 1. The van der Waals surface area contributed by atoms with Crippen molar-refractivity contribution in [3.8, 4) is 11.1 Å². The van der Waals surface area contributed by atoms with E-state index >= 15 is 0 Å². The lowest BCUT2D eigenvalue weighted by Gasteiger charge is -2.08. The summed E-state index contributed by atoms with van der Waals surface area (Å²) in [6.07, 6.45) is 2.73. The van der Waals surface area contributed by atoms with Crippen LogP contribution in [0.5, 0.6) is 0 Å². The maximum atomic E-state index is 11.8. The van der Waals surface area contributed by atoms with Gasteiger partial charge in [0.05, 0.1) is 11.1 Å². The average molecular weight is 330 g/mol. The molecule has 2 rings (SSSR count). The molecular formula is C11H12BrN3O2S. The van der Waals surface area contributed by atoms with Gasteiger partial charge in [-0.05, 0) is 18.2 Å². The smallest absolute Gasteiger partial charge is 0.176 e. The van der Waals surface area contributed by atoms with Gasteiger partial charge < -0.3 is 5.73 Å². The molecule has 0 radical (unpaired) electrons. The second-order valence-corrected chi connectivity index (χ2v) is 6.88. The van der Waals surface area contributed by atoms with Gasteiger partial charge in [-0.25, -0.2) is 8.42 Å². The molecule has 1 heterocycles. The van der Waals surface area contributed by atoms with E-state index in [4.69, 9.17) is 5.73 Å². The van der Waals surface area contributed by atoms with E-state index in [0.29, 0.717) is 16.9 Å². The van der Waals surface area contributed by atoms with Crippen LogP contribution in [0.2, 0.25) is 0 Å². The summed E-state index contributed by atoms with van der Waals surface area (Å²) in [5.74, 6) is 0.429. The molecule has 0 saturated heterocycles. The van der Waals surface area contributed by atoms with Gasteiger partial charge in [-0.3, -0.25) is 4.68 Å². The zero-order valence-electron chi connectivity index (χ0n) is 9.88. The summed E-state index contributed by atoms with van der Waals surface area (Å²) in [6, 6.07) is 4.97. The maximum Gasteiger partial charge on any atom is 0.176 e. The Morgan fingerprint density at radius 2 is 2.00 bits per heavy atom. The van der Waals surface area contributed by atoms with Crippen molar-refractivity contribution in [3.63, 3.8) is 0 Å². The minimum Gasteiger partial charge on any atom is -0.383 e. The van der Waals surface area contributed by atoms with E-state index in [1.807, 2.05) is 0 Å². The molecule has 96 valence electrons. The van der Waals surface area contributed by atoms with Gasteiger partial charge in [0.2, 0.25) is 0 Å². The summed E-state index contributed by atoms with van der Waals surface area (Å²) in [7, 11) is -1.61. The number of aryl methyl sites for hydroxylation is 1. The van der Waals surface area contributed by atoms with E-state index < -0.39 is 9.84 Å². The highest BCUT2D eigenvalue weighted by atomic mass is 79.9. The van der Waals surface area contributed by atoms with E-state index in [1.165, 1.54) is 10.9 Å². The topological polar surface area (TPSA) is 78.0 Å². The number of sulfone groups is 1. The highest BCUT2D eigenvalue weighted by Crippen LogP contribution is 2.33. The molecule has 0 unspecified atom stereocenters. The van der Waals surface area contributed by atoms with Gasteiger partial charge in [-0.15, -0.1) is 0 Å². The zero-order valence-corrected chi connectivity index (χ0v) is 12.3. The van der Waals surface area contributed by atoms with Crippen LogP contribution in [0, 0.1) is 0 Å². The lowest BCUT2D eigenvalue weighted by atomic mass is 10.1. The second kappa shape index (κ2) is 4.40. The Morgan fingerprint density at radius 1 is 1.33 bits per heavy atom. The first kappa shape index (κ1) is 13.1. The molecule has 0 bridgehead atoms. The number of benzene rings is 1. The third kappa shape index (κ3) is 2.28. The molecule has 0 amide bonds. The number of hydrogen-bond acceptors (Lipinski definition) is 4. The molecule has 0 aliphatic rings. The van der Waals surface area contributed by atoms with Crippen LogP contribution in [0.1, 0.15) is 0 Å². The predicted molar refractivity (Wildman–Crippen MR) is 73.9 cm³/mol. The molecule has 1 aromatic heterocycles. The Balaban J connectivity index is 2.78. The van der Waals surface area contributed by atoms with Gasteiger partial charge in [-0.1, -0.05) is 15.9 Å². The van der Waals surface area contributed by atoms with Crippen LogP contribution >= 0.6 is 15.9 Å². The highest BCUT2D eigenvalue weighted by molar-refractivity contribution is 9.10. The largest absolute Gasteiger partial charge is 0.383 e. The molecule has 1 aromatic carbocycles. The second-order valence-electron chi connectivity index (χ2n) is 3.98. The van der Waals surface area contributed by atoms with Crippen molar-refractivity contribution in [2.24, 2.45) is 7.05 Å². The molecular weight excluding hydrogens is 318 g/mol. The minimum atomic E-state index is -3.32. The van der Waals surface area contributed by atoms with Crippen LogP contribution in [0.3, 0.4) is 0 Å². The van der Waals surface area contributed by atoms with Crippen LogP contribution in [0.4, 0.5) is 5.82 Å². The molecule has 0 saturated carbocycles. The molecule has 0 aliphatic carbocycles. The fourth-order valence-electron chi connectivity index (χ4n) is 1.69. The molecule has 2 aromatic rings. The first-order valence-corrected chi connectivity index (χ1v) is 7.76. The number of nitrogen functional groups attached to an aromatic ring is 1. The van der Waals surface area contributed by atoms with Crippen LogP contribution in [0.15, 0.2) is 33.8 Å². The number of halogens is 1. The van der Waals surface area contributed by atoms with E-state index in [-0.39, 0.29) is 4.90 Å². The zero-order chi connectivity index (χ0) is 13.5. The van der Waals surface area contributed by atoms with Gasteiger partial charge in [0.25, 0.3) is 0 Å². The first-order chi connectivity index (χ1) is 8.30. The summed E-state index contributed by atoms with van der Waals surface area (Å²) >= 11 is 3.33. The Morgan fingerprint density at radius 3 is 2.50 bits per heavy atom. The normalized spacial score (nSPS) is 11.7. The number of anilines is 1. The molecule has 0 spiro atoms. The van der Waals surface area contributed by atoms with E-state index in [0.717, 1.165) is 4.47 Å². The van der Waals surface area contributed by atoms with Crippen LogP contribution in [-0.2, 0) is 16.9 Å². The van der Waals surface area contributed by atoms with Gasteiger partial charge in [0.1, 0.15) is 5.82 Å². The average Bonchev–Trinajstić information content (AvgIpc) is 2.58. The Labute approximate surface area is 114 Å². The maximum absolute atomic E-state index is 11.8. The number of rotatable bonds is 2. The van der Waals surface area contributed by atoms with Gasteiger partial charge in [0.15, 0.2) is 9.84 Å². The number of aromatic nitrogens is 2. The van der Waals surface area contributed by atoms with Crippen molar-refractivity contribution >= 4 is 31.6 Å². The highest BCUT2D eigenvalue weighted by Gasteiger charge is 2.18. The fourth-order valence-corrected chi connectivity index (χ4v) is 2.94. The molecule has 2 N–H and O–H groups in total. The Kier molecular flexibility index (Phi) is 3.20. The minimum absolute atomic E-state index is 0.241. The van der Waals surface area contributed by atoms with Gasteiger partial charge in [0, 0.05) is 28.9 Å². The molecule has 0 fully saturated rings. The Bertz CT molecular complexity index is 707. The lowest BCUT2D eigenvalue weighted by molar-refractivity contribution is 0.602. The molecule has 0 atom stereocenters. The van der Waals surface area contributed by atoms with Crippen molar-refractivity contribution in [2.75, 3.05) is 12.0 Å². The fraction of sp³-hybridized carbons (Fsp3) is 0.182. The van der Waals surface area contributed by atoms with Crippen molar-refractivity contribution < 1.29 is 8.42 Å². The summed E-state index contributed by atoms with van der Waals surface area (Å²) in [5, 5.41) is 4.03. The van der Waals surface area contributed by atoms with Crippen molar-refractivity contribution in [1.29, 1.82) is 0 Å². The monoisotopic (exact) mass is 329 g/mol. The Hall–Kier alpha value is -1.34. The first-order valence-electron chi connectivity index (χ1n) is 5.08. The van der Waals surface area contributed by atoms with Crippen molar-refractivity contribution in [1.82, 2.24) is 9.78 Å². The van der Waals surface area contributed by atoms with Crippen LogP contribution < -0.4 is 5.73 Å². The van der Waals surface area contributed by atoms with Crippen molar-refractivity contribution in [3.05, 3.63) is 28.9 Å².